The summed E-state index contributed by atoms with van der Waals surface area (Å²) in [4.78, 5) is 12.9. The highest BCUT2D eigenvalue weighted by atomic mass is 16.7. The zero-order valence-electron chi connectivity index (χ0n) is 43.9. The van der Waals surface area contributed by atoms with Gasteiger partial charge in [0.2, 0.25) is 0 Å². The molecule has 1 heterocycles. The van der Waals surface area contributed by atoms with Crippen molar-refractivity contribution in [1.29, 1.82) is 0 Å². The van der Waals surface area contributed by atoms with Crippen molar-refractivity contribution in [2.45, 2.75) is 282 Å². The maximum absolute atomic E-state index is 12.9. The number of rotatable bonds is 49. The lowest BCUT2D eigenvalue weighted by Crippen LogP contribution is -2.59. The Balaban J connectivity index is 2.17. The van der Waals surface area contributed by atoms with E-state index in [0.717, 1.165) is 83.5 Å². The Bertz CT molecular complexity index is 1230. The summed E-state index contributed by atoms with van der Waals surface area (Å²) < 4.78 is 22.9. The zero-order valence-corrected chi connectivity index (χ0v) is 43.9. The van der Waals surface area contributed by atoms with Gasteiger partial charge in [0.05, 0.1) is 19.8 Å². The highest BCUT2D eigenvalue weighted by Crippen LogP contribution is 2.23. The molecule has 1 rings (SSSR count). The van der Waals surface area contributed by atoms with Crippen molar-refractivity contribution in [2.24, 2.45) is 0 Å². The summed E-state index contributed by atoms with van der Waals surface area (Å²) in [5.74, 6) is -0.329. The van der Waals surface area contributed by atoms with Crippen LogP contribution >= 0.6 is 0 Å². The number of aliphatic hydroxyl groups is 4. The first-order valence-electron chi connectivity index (χ1n) is 28.4. The monoisotopic (exact) mass is 959 g/mol. The Labute approximate surface area is 417 Å². The van der Waals surface area contributed by atoms with Crippen molar-refractivity contribution in [3.63, 3.8) is 0 Å². The summed E-state index contributed by atoms with van der Waals surface area (Å²) in [5.41, 5.74) is 0. The van der Waals surface area contributed by atoms with Crippen LogP contribution in [-0.2, 0) is 23.7 Å². The number of hydrogen-bond acceptors (Lipinski definition) is 9. The van der Waals surface area contributed by atoms with Gasteiger partial charge >= 0.3 is 5.97 Å². The number of ether oxygens (including phenoxy) is 4. The van der Waals surface area contributed by atoms with Crippen molar-refractivity contribution < 1.29 is 44.2 Å². The van der Waals surface area contributed by atoms with E-state index in [9.17, 15) is 25.2 Å². The zero-order chi connectivity index (χ0) is 49.2. The molecule has 0 aliphatic carbocycles. The van der Waals surface area contributed by atoms with E-state index in [0.29, 0.717) is 13.0 Å². The lowest BCUT2D eigenvalue weighted by atomic mass is 9.99. The minimum absolute atomic E-state index is 0.121. The molecule has 6 unspecified atom stereocenters. The molecule has 0 aromatic heterocycles. The lowest BCUT2D eigenvalue weighted by Gasteiger charge is -2.39. The molecule has 396 valence electrons. The van der Waals surface area contributed by atoms with Gasteiger partial charge < -0.3 is 39.4 Å². The van der Waals surface area contributed by atoms with Gasteiger partial charge in [-0.05, 0) is 57.8 Å². The number of aliphatic hydroxyl groups excluding tert-OH is 4. The van der Waals surface area contributed by atoms with E-state index >= 15 is 0 Å². The number of unbranched alkanes of at least 4 members (excludes halogenated alkanes) is 28. The van der Waals surface area contributed by atoms with E-state index in [1.165, 1.54) is 141 Å². The largest absolute Gasteiger partial charge is 0.457 e. The first-order chi connectivity index (χ1) is 33.4. The van der Waals surface area contributed by atoms with E-state index in [1.807, 2.05) is 0 Å². The molecule has 0 radical (unpaired) electrons. The first-order valence-corrected chi connectivity index (χ1v) is 28.4. The summed E-state index contributed by atoms with van der Waals surface area (Å²) >= 11 is 0. The minimum atomic E-state index is -1.54. The van der Waals surface area contributed by atoms with E-state index in [4.69, 9.17) is 18.9 Å². The van der Waals surface area contributed by atoms with Crippen LogP contribution in [0.1, 0.15) is 245 Å². The summed E-state index contributed by atoms with van der Waals surface area (Å²) in [6.07, 6.45) is 58.4. The molecule has 9 heteroatoms. The summed E-state index contributed by atoms with van der Waals surface area (Å²) in [7, 11) is 0. The Morgan fingerprint density at radius 2 is 0.897 bits per heavy atom. The molecular weight excluding hydrogens is 853 g/mol. The molecular formula is C59H106O9. The highest BCUT2D eigenvalue weighted by Gasteiger charge is 2.44. The molecule has 6 atom stereocenters. The molecule has 4 N–H and O–H groups in total. The van der Waals surface area contributed by atoms with Gasteiger partial charge in [-0.3, -0.25) is 4.79 Å². The molecule has 1 saturated heterocycles. The third-order valence-electron chi connectivity index (χ3n) is 12.9. The van der Waals surface area contributed by atoms with Crippen LogP contribution in [-0.4, -0.2) is 89.6 Å². The maximum Gasteiger partial charge on any atom is 0.306 e. The van der Waals surface area contributed by atoms with Crippen molar-refractivity contribution in [3.8, 4) is 0 Å². The van der Waals surface area contributed by atoms with Crippen molar-refractivity contribution in [3.05, 3.63) is 60.8 Å². The summed E-state index contributed by atoms with van der Waals surface area (Å²) in [5, 5.41) is 40.3. The van der Waals surface area contributed by atoms with Crippen LogP contribution in [0.4, 0.5) is 0 Å². The molecule has 0 saturated carbocycles. The van der Waals surface area contributed by atoms with Crippen LogP contribution in [0.15, 0.2) is 60.8 Å². The number of allylic oxidation sites excluding steroid dienone is 10. The second-order valence-electron chi connectivity index (χ2n) is 19.4. The number of esters is 1. The third-order valence-corrected chi connectivity index (χ3v) is 12.9. The quantitative estimate of drug-likeness (QED) is 0.0267. The number of carbonyl (C=O) groups excluding carboxylic acids is 1. The van der Waals surface area contributed by atoms with Gasteiger partial charge in [0, 0.05) is 13.0 Å². The molecule has 68 heavy (non-hydrogen) atoms. The van der Waals surface area contributed by atoms with Crippen LogP contribution < -0.4 is 0 Å². The number of hydrogen-bond donors (Lipinski definition) is 4. The van der Waals surface area contributed by atoms with Crippen LogP contribution in [0.5, 0.6) is 0 Å². The second kappa shape index (κ2) is 49.9. The third kappa shape index (κ3) is 39.6. The fourth-order valence-electron chi connectivity index (χ4n) is 8.58. The van der Waals surface area contributed by atoms with Crippen LogP contribution in [0.25, 0.3) is 0 Å². The van der Waals surface area contributed by atoms with E-state index in [-0.39, 0.29) is 19.2 Å². The molecule has 9 nitrogen and oxygen atoms in total. The van der Waals surface area contributed by atoms with Gasteiger partial charge in [0.15, 0.2) is 6.29 Å². The lowest BCUT2D eigenvalue weighted by molar-refractivity contribution is -0.305. The summed E-state index contributed by atoms with van der Waals surface area (Å²) in [6.45, 7) is 4.46. The smallest absolute Gasteiger partial charge is 0.306 e. The fraction of sp³-hybridized carbons (Fsp3) is 0.814. The molecule has 0 aromatic carbocycles. The SMILES string of the molecule is CC/C=C\C/C=C\C/C=C\C/C=C\C/C=C\CCCCCCCC(=O)OC(COCCCCCCCCCCCCCCCCCCCCCCCCCC)COC1OC(CO)C(O)C(O)C1O. The summed E-state index contributed by atoms with van der Waals surface area (Å²) in [6, 6.07) is 0. The van der Waals surface area contributed by atoms with E-state index in [2.05, 4.69) is 74.6 Å². The van der Waals surface area contributed by atoms with Gasteiger partial charge in [-0.1, -0.05) is 242 Å². The minimum Gasteiger partial charge on any atom is -0.457 e. The Morgan fingerprint density at radius 3 is 1.35 bits per heavy atom. The molecule has 1 aliphatic heterocycles. The van der Waals surface area contributed by atoms with Crippen LogP contribution in [0.3, 0.4) is 0 Å². The highest BCUT2D eigenvalue weighted by molar-refractivity contribution is 5.69. The average molecular weight is 959 g/mol. The first kappa shape index (κ1) is 63.9. The van der Waals surface area contributed by atoms with Gasteiger partial charge in [-0.25, -0.2) is 0 Å². The number of carbonyl (C=O) groups is 1. The predicted molar refractivity (Wildman–Crippen MR) is 284 cm³/mol. The average Bonchev–Trinajstić information content (AvgIpc) is 3.34. The van der Waals surface area contributed by atoms with Gasteiger partial charge in [0.25, 0.3) is 0 Å². The standard InChI is InChI=1S/C59H106O9/c1-3-5-7-9-11-13-15-17-19-21-23-25-26-27-29-31-33-35-37-39-41-43-45-47-49-65-51-53(52-66-59-58(64)57(63)56(62)54(50-60)68-59)67-55(61)48-46-44-42-40-38-36-34-32-30-28-24-22-20-18-16-14-12-10-8-6-4-2/h6,8,12,14,18,20,24,28,32,34,53-54,56-60,62-64H,3-5,7,9-11,13,15-17,19,21-23,25-27,29-31,33,35-52H2,1-2H3/b8-6-,14-12-,20-18-,28-24-,34-32-. The fourth-order valence-corrected chi connectivity index (χ4v) is 8.58. The molecule has 0 bridgehead atoms. The van der Waals surface area contributed by atoms with Gasteiger partial charge in [-0.15, -0.1) is 0 Å². The van der Waals surface area contributed by atoms with E-state index in [1.54, 1.807) is 0 Å². The Morgan fingerprint density at radius 1 is 0.485 bits per heavy atom. The van der Waals surface area contributed by atoms with Crippen LogP contribution in [0.2, 0.25) is 0 Å². The topological polar surface area (TPSA) is 135 Å². The maximum atomic E-state index is 12.9. The normalized spacial score (nSPS) is 19.5. The Hall–Kier alpha value is -2.11. The van der Waals surface area contributed by atoms with E-state index < -0.39 is 43.4 Å². The van der Waals surface area contributed by atoms with Crippen molar-refractivity contribution in [2.75, 3.05) is 26.4 Å². The molecule has 1 fully saturated rings. The van der Waals surface area contributed by atoms with Gasteiger partial charge in [0.1, 0.15) is 30.5 Å². The molecule has 1 aliphatic rings. The Kier molecular flexibility index (Phi) is 46.9. The molecule has 0 amide bonds. The molecule has 0 aromatic rings. The van der Waals surface area contributed by atoms with Crippen LogP contribution in [0, 0.1) is 0 Å². The van der Waals surface area contributed by atoms with Crippen molar-refractivity contribution in [1.82, 2.24) is 0 Å². The van der Waals surface area contributed by atoms with Crippen molar-refractivity contribution >= 4 is 5.97 Å². The van der Waals surface area contributed by atoms with Gasteiger partial charge in [-0.2, -0.15) is 0 Å². The predicted octanol–water partition coefficient (Wildman–Crippen LogP) is 14.6. The molecule has 0 spiro atoms. The second-order valence-corrected chi connectivity index (χ2v) is 19.4.